The second kappa shape index (κ2) is 8.49. The summed E-state index contributed by atoms with van der Waals surface area (Å²) in [6.45, 7) is 19.6. The largest absolute Gasteiger partial charge is 0.444 e. The zero-order valence-corrected chi connectivity index (χ0v) is 22.3. The SMILES string of the molecule is C=CC1(C=C)C[C@H]2C(=O)N(C(=O)OC(C)(C)C)c3ccccc3[C@@]23CCCN(C(=O)OC(C)(C)C)C13. The molecule has 2 aliphatic heterocycles. The van der Waals surface area contributed by atoms with Crippen molar-refractivity contribution < 1.29 is 23.9 Å². The first kappa shape index (κ1) is 26.0. The Labute approximate surface area is 214 Å². The van der Waals surface area contributed by atoms with E-state index in [0.29, 0.717) is 31.5 Å². The Morgan fingerprint density at radius 2 is 1.58 bits per heavy atom. The van der Waals surface area contributed by atoms with Gasteiger partial charge in [-0.15, -0.1) is 13.2 Å². The van der Waals surface area contributed by atoms with E-state index < -0.39 is 46.2 Å². The number of piperidine rings is 1. The van der Waals surface area contributed by atoms with Gasteiger partial charge >= 0.3 is 12.2 Å². The number of anilines is 1. The minimum absolute atomic E-state index is 0.315. The molecule has 36 heavy (non-hydrogen) atoms. The van der Waals surface area contributed by atoms with Crippen LogP contribution in [0.25, 0.3) is 0 Å². The maximum absolute atomic E-state index is 14.2. The summed E-state index contributed by atoms with van der Waals surface area (Å²) in [4.78, 5) is 44.0. The van der Waals surface area contributed by atoms with E-state index >= 15 is 0 Å². The smallest absolute Gasteiger partial charge is 0.421 e. The fraction of sp³-hybridized carbons (Fsp3) is 0.552. The van der Waals surface area contributed by atoms with Crippen LogP contribution in [0, 0.1) is 11.3 Å². The van der Waals surface area contributed by atoms with Crippen molar-refractivity contribution in [2.45, 2.75) is 83.5 Å². The number of carbonyl (C=O) groups is 3. The van der Waals surface area contributed by atoms with Crippen LogP contribution in [0.4, 0.5) is 15.3 Å². The minimum atomic E-state index is -0.760. The average Bonchev–Trinajstić information content (AvgIpc) is 3.09. The molecule has 7 nitrogen and oxygen atoms in total. The molecule has 4 rings (SSSR count). The van der Waals surface area contributed by atoms with Gasteiger partial charge in [0.2, 0.25) is 5.91 Å². The zero-order valence-electron chi connectivity index (χ0n) is 22.3. The Morgan fingerprint density at radius 3 is 2.17 bits per heavy atom. The Morgan fingerprint density at radius 1 is 1.00 bits per heavy atom. The molecule has 1 aromatic rings. The van der Waals surface area contributed by atoms with Crippen LogP contribution in [-0.4, -0.2) is 46.8 Å². The molecular formula is C29H38N2O5. The standard InChI is InChI=1S/C29H38N2O5/c1-9-28(10-2)18-20-22(32)31(25(34)36-27(6,7)8)21-15-12-11-14-19(21)29(20)16-13-17-30(23(28)29)24(33)35-26(3,4)5/h9-12,14-15,20,23H,1-2,13,16-18H2,3-8H3/t20-,23?,29-/m0/s1. The molecule has 1 spiro atoms. The Kier molecular flexibility index (Phi) is 6.13. The molecule has 2 fully saturated rings. The fourth-order valence-electron chi connectivity index (χ4n) is 6.47. The van der Waals surface area contributed by atoms with E-state index in [9.17, 15) is 14.4 Å². The number of hydrogen-bond acceptors (Lipinski definition) is 5. The number of benzene rings is 1. The van der Waals surface area contributed by atoms with Crippen molar-refractivity contribution in [2.75, 3.05) is 11.4 Å². The van der Waals surface area contributed by atoms with Gasteiger partial charge in [0.25, 0.3) is 0 Å². The third-order valence-corrected chi connectivity index (χ3v) is 7.61. The van der Waals surface area contributed by atoms with Crippen molar-refractivity contribution in [3.8, 4) is 0 Å². The first-order valence-corrected chi connectivity index (χ1v) is 12.6. The monoisotopic (exact) mass is 494 g/mol. The summed E-state index contributed by atoms with van der Waals surface area (Å²) in [5.74, 6) is -0.879. The Hall–Kier alpha value is -3.09. The van der Waals surface area contributed by atoms with Crippen LogP contribution in [0.15, 0.2) is 49.6 Å². The first-order valence-electron chi connectivity index (χ1n) is 12.6. The van der Waals surface area contributed by atoms with Crippen molar-refractivity contribution in [2.24, 2.45) is 11.3 Å². The summed E-state index contributed by atoms with van der Waals surface area (Å²) in [5, 5.41) is 0. The quantitative estimate of drug-likeness (QED) is 0.473. The minimum Gasteiger partial charge on any atom is -0.444 e. The summed E-state index contributed by atoms with van der Waals surface area (Å²) >= 11 is 0. The normalized spacial score (nSPS) is 26.9. The second-order valence-corrected chi connectivity index (χ2v) is 12.2. The topological polar surface area (TPSA) is 76.2 Å². The predicted molar refractivity (Wildman–Crippen MR) is 139 cm³/mol. The lowest BCUT2D eigenvalue weighted by Gasteiger charge is -2.54. The summed E-state index contributed by atoms with van der Waals surface area (Å²) in [6, 6.07) is 7.05. The van der Waals surface area contributed by atoms with Gasteiger partial charge in [0.1, 0.15) is 11.2 Å². The van der Waals surface area contributed by atoms with Crippen molar-refractivity contribution >= 4 is 23.8 Å². The van der Waals surface area contributed by atoms with Gasteiger partial charge in [-0.2, -0.15) is 0 Å². The van der Waals surface area contributed by atoms with Gasteiger partial charge in [0.15, 0.2) is 0 Å². The van der Waals surface area contributed by atoms with Gasteiger partial charge in [-0.25, -0.2) is 14.5 Å². The van der Waals surface area contributed by atoms with Gasteiger partial charge in [0, 0.05) is 17.4 Å². The van der Waals surface area contributed by atoms with E-state index in [4.69, 9.17) is 9.47 Å². The molecule has 3 atom stereocenters. The molecule has 1 saturated carbocycles. The number of hydrogen-bond donors (Lipinski definition) is 0. The van der Waals surface area contributed by atoms with E-state index in [1.807, 2.05) is 39.0 Å². The van der Waals surface area contributed by atoms with E-state index in [2.05, 4.69) is 13.2 Å². The second-order valence-electron chi connectivity index (χ2n) is 12.2. The van der Waals surface area contributed by atoms with Gasteiger partial charge in [-0.1, -0.05) is 30.4 Å². The van der Waals surface area contributed by atoms with Crippen molar-refractivity contribution in [3.63, 3.8) is 0 Å². The molecule has 0 bridgehead atoms. The lowest BCUT2D eigenvalue weighted by atomic mass is 9.60. The van der Waals surface area contributed by atoms with E-state index in [1.54, 1.807) is 43.9 Å². The van der Waals surface area contributed by atoms with E-state index in [0.717, 1.165) is 5.56 Å². The molecule has 3 aliphatic rings. The number of imide groups is 1. The average molecular weight is 495 g/mol. The predicted octanol–water partition coefficient (Wildman–Crippen LogP) is 5.98. The third-order valence-electron chi connectivity index (χ3n) is 7.61. The molecule has 194 valence electrons. The summed E-state index contributed by atoms with van der Waals surface area (Å²) in [7, 11) is 0. The fourth-order valence-corrected chi connectivity index (χ4v) is 6.47. The van der Waals surface area contributed by atoms with Crippen LogP contribution in [0.3, 0.4) is 0 Å². The van der Waals surface area contributed by atoms with Gasteiger partial charge < -0.3 is 14.4 Å². The number of ether oxygens (including phenoxy) is 2. The molecule has 0 aromatic heterocycles. The van der Waals surface area contributed by atoms with Crippen LogP contribution >= 0.6 is 0 Å². The number of para-hydroxylation sites is 1. The van der Waals surface area contributed by atoms with Crippen molar-refractivity contribution in [3.05, 3.63) is 55.1 Å². The highest BCUT2D eigenvalue weighted by molar-refractivity contribution is 6.16. The maximum atomic E-state index is 14.2. The molecule has 3 amide bonds. The summed E-state index contributed by atoms with van der Waals surface area (Å²) in [6.07, 6.45) is 4.28. The number of likely N-dealkylation sites (tertiary alicyclic amines) is 1. The molecule has 1 unspecified atom stereocenters. The van der Waals surface area contributed by atoms with Crippen molar-refractivity contribution in [1.29, 1.82) is 0 Å². The number of rotatable bonds is 2. The van der Waals surface area contributed by atoms with E-state index in [-0.39, 0.29) is 5.91 Å². The molecule has 2 heterocycles. The summed E-state index contributed by atoms with van der Waals surface area (Å²) < 4.78 is 11.5. The lowest BCUT2D eigenvalue weighted by Crippen LogP contribution is -2.64. The van der Waals surface area contributed by atoms with Crippen LogP contribution in [0.2, 0.25) is 0 Å². The molecule has 1 aliphatic carbocycles. The number of nitrogens with zero attached hydrogens (tertiary/aromatic N) is 2. The Bertz CT molecular complexity index is 1100. The van der Waals surface area contributed by atoms with Gasteiger partial charge in [0.05, 0.1) is 17.6 Å². The zero-order chi connectivity index (χ0) is 26.7. The van der Waals surface area contributed by atoms with Gasteiger partial charge in [-0.3, -0.25) is 4.79 Å². The highest BCUT2D eigenvalue weighted by atomic mass is 16.6. The van der Waals surface area contributed by atoms with Crippen LogP contribution in [0.5, 0.6) is 0 Å². The first-order chi connectivity index (χ1) is 16.7. The Balaban J connectivity index is 1.93. The molecule has 1 saturated heterocycles. The third kappa shape index (κ3) is 3.93. The number of fused-ring (bicyclic) bond motifs is 1. The van der Waals surface area contributed by atoms with Crippen LogP contribution in [-0.2, 0) is 19.7 Å². The lowest BCUT2D eigenvalue weighted by molar-refractivity contribution is -0.125. The molecule has 7 heteroatoms. The van der Waals surface area contributed by atoms with Crippen molar-refractivity contribution in [1.82, 2.24) is 4.90 Å². The maximum Gasteiger partial charge on any atom is 0.421 e. The van der Waals surface area contributed by atoms with Crippen LogP contribution in [0.1, 0.15) is 66.4 Å². The molecule has 0 radical (unpaired) electrons. The molecule has 0 N–H and O–H groups in total. The highest BCUT2D eigenvalue weighted by Crippen LogP contribution is 2.65. The molecular weight excluding hydrogens is 456 g/mol. The highest BCUT2D eigenvalue weighted by Gasteiger charge is 2.69. The van der Waals surface area contributed by atoms with Gasteiger partial charge in [-0.05, 0) is 72.4 Å². The van der Waals surface area contributed by atoms with E-state index in [1.165, 1.54) is 4.90 Å². The number of carbonyl (C=O) groups excluding carboxylic acids is 3. The molecule has 1 aromatic carbocycles. The number of amides is 3. The van der Waals surface area contributed by atoms with Crippen LogP contribution < -0.4 is 4.90 Å². The summed E-state index contributed by atoms with van der Waals surface area (Å²) in [5.41, 5.74) is -1.52.